The molecule has 0 bridgehead atoms. The summed E-state index contributed by atoms with van der Waals surface area (Å²) in [6, 6.07) is 11.7. The Kier molecular flexibility index (Phi) is 7.79. The topological polar surface area (TPSA) is 74.8 Å². The number of amides is 2. The summed E-state index contributed by atoms with van der Waals surface area (Å²) in [7, 11) is 1.64. The molecule has 1 aliphatic heterocycles. The van der Waals surface area contributed by atoms with Crippen LogP contribution in [0.2, 0.25) is 0 Å². The predicted octanol–water partition coefficient (Wildman–Crippen LogP) is 2.05. The number of pyridine rings is 1. The van der Waals surface area contributed by atoms with Gasteiger partial charge in [-0.15, -0.1) is 0 Å². The minimum absolute atomic E-state index is 0.128. The van der Waals surface area contributed by atoms with Crippen LogP contribution in [0.1, 0.15) is 27.9 Å². The number of carbonyl (C=O) groups is 2. The maximum atomic E-state index is 12.6. The van der Waals surface area contributed by atoms with Crippen LogP contribution in [0.3, 0.4) is 0 Å². The van der Waals surface area contributed by atoms with Crippen molar-refractivity contribution in [2.24, 2.45) is 0 Å². The molecule has 3 rings (SSSR count). The molecule has 2 amide bonds. The van der Waals surface area contributed by atoms with Gasteiger partial charge in [0.1, 0.15) is 5.82 Å². The molecule has 1 aromatic carbocycles. The van der Waals surface area contributed by atoms with Crippen molar-refractivity contribution in [3.63, 3.8) is 0 Å². The van der Waals surface area contributed by atoms with Crippen LogP contribution in [0, 0.1) is 6.92 Å². The van der Waals surface area contributed by atoms with Gasteiger partial charge >= 0.3 is 0 Å². The van der Waals surface area contributed by atoms with Gasteiger partial charge in [0.25, 0.3) is 5.91 Å². The number of aryl methyl sites for hydroxylation is 1. The third kappa shape index (κ3) is 5.79. The fourth-order valence-corrected chi connectivity index (χ4v) is 3.50. The van der Waals surface area contributed by atoms with E-state index in [1.54, 1.807) is 19.4 Å². The Morgan fingerprint density at radius 2 is 1.87 bits per heavy atom. The van der Waals surface area contributed by atoms with Crippen molar-refractivity contribution in [1.29, 1.82) is 0 Å². The number of carbonyl (C=O) groups excluding carboxylic acids is 2. The van der Waals surface area contributed by atoms with Crippen LogP contribution in [0.4, 0.5) is 5.82 Å². The lowest BCUT2D eigenvalue weighted by atomic mass is 10.1. The molecule has 0 saturated carbocycles. The van der Waals surface area contributed by atoms with E-state index in [0.717, 1.165) is 36.5 Å². The molecule has 0 aliphatic carbocycles. The van der Waals surface area contributed by atoms with E-state index in [9.17, 15) is 9.59 Å². The van der Waals surface area contributed by atoms with Gasteiger partial charge in [-0.25, -0.2) is 4.98 Å². The monoisotopic (exact) mass is 410 g/mol. The highest BCUT2D eigenvalue weighted by molar-refractivity contribution is 5.94. The Morgan fingerprint density at radius 3 is 2.53 bits per heavy atom. The first-order valence-corrected chi connectivity index (χ1v) is 10.4. The second kappa shape index (κ2) is 10.7. The predicted molar refractivity (Wildman–Crippen MR) is 117 cm³/mol. The first kappa shape index (κ1) is 21.8. The molecule has 30 heavy (non-hydrogen) atoms. The molecule has 1 fully saturated rings. The number of anilines is 1. The highest BCUT2D eigenvalue weighted by Gasteiger charge is 2.22. The van der Waals surface area contributed by atoms with Crippen LogP contribution >= 0.6 is 0 Å². The van der Waals surface area contributed by atoms with Gasteiger partial charge in [0.15, 0.2) is 0 Å². The van der Waals surface area contributed by atoms with Gasteiger partial charge < -0.3 is 19.9 Å². The molecule has 7 heteroatoms. The fourth-order valence-electron chi connectivity index (χ4n) is 3.50. The standard InChI is InChI=1S/C23H30N4O3/c1-18-6-3-4-7-19(18)16-22(28)27-13-11-26(12-14-27)21-9-8-20(17-25-21)23(29)24-10-5-15-30-2/h3-4,6-9,17H,5,10-16H2,1-2H3,(H,24,29). The van der Waals surface area contributed by atoms with Crippen LogP contribution < -0.4 is 10.2 Å². The highest BCUT2D eigenvalue weighted by Crippen LogP contribution is 2.16. The summed E-state index contributed by atoms with van der Waals surface area (Å²) in [4.78, 5) is 33.3. The van der Waals surface area contributed by atoms with Crippen LogP contribution in [0.25, 0.3) is 0 Å². The molecule has 1 aromatic heterocycles. The van der Waals surface area contributed by atoms with E-state index in [1.807, 2.05) is 42.2 Å². The van der Waals surface area contributed by atoms with E-state index in [4.69, 9.17) is 4.74 Å². The van der Waals surface area contributed by atoms with Crippen molar-refractivity contribution >= 4 is 17.6 Å². The maximum absolute atomic E-state index is 12.6. The summed E-state index contributed by atoms with van der Waals surface area (Å²) in [5, 5.41) is 2.86. The summed E-state index contributed by atoms with van der Waals surface area (Å²) in [5.74, 6) is 0.867. The number of ether oxygens (including phenoxy) is 1. The first-order valence-electron chi connectivity index (χ1n) is 10.4. The molecule has 1 saturated heterocycles. The van der Waals surface area contributed by atoms with Gasteiger partial charge in [0.2, 0.25) is 5.91 Å². The molecule has 2 aromatic rings. The largest absolute Gasteiger partial charge is 0.385 e. The molecule has 2 heterocycles. The quantitative estimate of drug-likeness (QED) is 0.674. The zero-order chi connectivity index (χ0) is 21.3. The summed E-state index contributed by atoms with van der Waals surface area (Å²) in [6.07, 6.45) is 2.83. The third-order valence-electron chi connectivity index (χ3n) is 5.38. The smallest absolute Gasteiger partial charge is 0.252 e. The Hall–Kier alpha value is -2.93. The Balaban J connectivity index is 1.48. The lowest BCUT2D eigenvalue weighted by Gasteiger charge is -2.35. The average Bonchev–Trinajstić information content (AvgIpc) is 2.78. The van der Waals surface area contributed by atoms with Crippen molar-refractivity contribution in [2.45, 2.75) is 19.8 Å². The van der Waals surface area contributed by atoms with E-state index in [0.29, 0.717) is 38.2 Å². The summed E-state index contributed by atoms with van der Waals surface area (Å²) in [6.45, 7) is 6.05. The molecule has 0 spiro atoms. The van der Waals surface area contributed by atoms with Crippen LogP contribution in [-0.4, -0.2) is 68.1 Å². The lowest BCUT2D eigenvalue weighted by Crippen LogP contribution is -2.49. The van der Waals surface area contributed by atoms with E-state index in [1.165, 1.54) is 0 Å². The molecule has 0 unspecified atom stereocenters. The van der Waals surface area contributed by atoms with Crippen molar-refractivity contribution < 1.29 is 14.3 Å². The second-order valence-corrected chi connectivity index (χ2v) is 7.48. The van der Waals surface area contributed by atoms with Gasteiger partial charge in [-0.2, -0.15) is 0 Å². The molecule has 7 nitrogen and oxygen atoms in total. The number of benzene rings is 1. The number of nitrogens with zero attached hydrogens (tertiary/aromatic N) is 3. The number of nitrogens with one attached hydrogen (secondary N) is 1. The second-order valence-electron chi connectivity index (χ2n) is 7.48. The minimum Gasteiger partial charge on any atom is -0.385 e. The average molecular weight is 411 g/mol. The third-order valence-corrected chi connectivity index (χ3v) is 5.38. The summed E-state index contributed by atoms with van der Waals surface area (Å²) < 4.78 is 4.98. The summed E-state index contributed by atoms with van der Waals surface area (Å²) in [5.41, 5.74) is 2.78. The SMILES string of the molecule is COCCCNC(=O)c1ccc(N2CCN(C(=O)Cc3ccccc3C)CC2)nc1. The Bertz CT molecular complexity index is 846. The minimum atomic E-state index is -0.128. The lowest BCUT2D eigenvalue weighted by molar-refractivity contribution is -0.130. The number of piperazine rings is 1. The molecular weight excluding hydrogens is 380 g/mol. The normalized spacial score (nSPS) is 13.9. The summed E-state index contributed by atoms with van der Waals surface area (Å²) >= 11 is 0. The van der Waals surface area contributed by atoms with Crippen LogP contribution in [-0.2, 0) is 16.0 Å². The van der Waals surface area contributed by atoms with E-state index >= 15 is 0 Å². The highest BCUT2D eigenvalue weighted by atomic mass is 16.5. The molecular formula is C23H30N4O3. The Morgan fingerprint density at radius 1 is 1.10 bits per heavy atom. The molecule has 160 valence electrons. The Labute approximate surface area is 178 Å². The van der Waals surface area contributed by atoms with E-state index in [-0.39, 0.29) is 11.8 Å². The van der Waals surface area contributed by atoms with Gasteiger partial charge in [-0.3, -0.25) is 9.59 Å². The molecule has 1 aliphatic rings. The van der Waals surface area contributed by atoms with Crippen molar-refractivity contribution in [3.05, 3.63) is 59.3 Å². The number of methoxy groups -OCH3 is 1. The molecule has 0 atom stereocenters. The number of rotatable bonds is 8. The molecule has 1 N–H and O–H groups in total. The number of hydrogen-bond donors (Lipinski definition) is 1. The zero-order valence-electron chi connectivity index (χ0n) is 17.8. The zero-order valence-corrected chi connectivity index (χ0v) is 17.8. The number of hydrogen-bond acceptors (Lipinski definition) is 5. The van der Waals surface area contributed by atoms with E-state index in [2.05, 4.69) is 15.2 Å². The van der Waals surface area contributed by atoms with Crippen LogP contribution in [0.15, 0.2) is 42.6 Å². The van der Waals surface area contributed by atoms with Gasteiger partial charge in [0, 0.05) is 52.6 Å². The van der Waals surface area contributed by atoms with Crippen molar-refractivity contribution in [3.8, 4) is 0 Å². The first-order chi connectivity index (χ1) is 14.6. The maximum Gasteiger partial charge on any atom is 0.252 e. The van der Waals surface area contributed by atoms with Crippen molar-refractivity contribution in [2.75, 3.05) is 51.3 Å². The molecule has 0 radical (unpaired) electrons. The van der Waals surface area contributed by atoms with Crippen molar-refractivity contribution in [1.82, 2.24) is 15.2 Å². The fraction of sp³-hybridized carbons (Fsp3) is 0.435. The van der Waals surface area contributed by atoms with Crippen LogP contribution in [0.5, 0.6) is 0 Å². The number of aromatic nitrogens is 1. The van der Waals surface area contributed by atoms with E-state index < -0.39 is 0 Å². The van der Waals surface area contributed by atoms with Gasteiger partial charge in [-0.05, 0) is 36.6 Å². The van der Waals surface area contributed by atoms with Gasteiger partial charge in [-0.1, -0.05) is 24.3 Å². The van der Waals surface area contributed by atoms with Gasteiger partial charge in [0.05, 0.1) is 12.0 Å².